The highest BCUT2D eigenvalue weighted by molar-refractivity contribution is 5.85. The van der Waals surface area contributed by atoms with Gasteiger partial charge in [-0.25, -0.2) is 0 Å². The third-order valence-corrected chi connectivity index (χ3v) is 4.36. The van der Waals surface area contributed by atoms with Gasteiger partial charge in [-0.2, -0.15) is 0 Å². The van der Waals surface area contributed by atoms with E-state index in [1.54, 1.807) is 0 Å². The summed E-state index contributed by atoms with van der Waals surface area (Å²) in [5, 5.41) is 6.73. The average Bonchev–Trinajstić information content (AvgIpc) is 2.62. The summed E-state index contributed by atoms with van der Waals surface area (Å²) in [5.41, 5.74) is 0. The number of rotatable bonds is 4. The highest BCUT2D eigenvalue weighted by atomic mass is 35.5. The van der Waals surface area contributed by atoms with Gasteiger partial charge < -0.3 is 10.6 Å². The van der Waals surface area contributed by atoms with Crippen molar-refractivity contribution in [2.24, 2.45) is 5.92 Å². The zero-order chi connectivity index (χ0) is 13.1. The van der Waals surface area contributed by atoms with Gasteiger partial charge in [-0.3, -0.25) is 9.69 Å². The van der Waals surface area contributed by atoms with Crippen LogP contribution in [0.25, 0.3) is 0 Å². The summed E-state index contributed by atoms with van der Waals surface area (Å²) < 4.78 is 0. The molecule has 0 aromatic carbocycles. The predicted molar refractivity (Wildman–Crippen MR) is 80.7 cm³/mol. The van der Waals surface area contributed by atoms with Crippen LogP contribution in [-0.2, 0) is 4.79 Å². The molecule has 2 aliphatic heterocycles. The van der Waals surface area contributed by atoms with Crippen molar-refractivity contribution in [1.82, 2.24) is 15.5 Å². The molecule has 4 nitrogen and oxygen atoms in total. The summed E-state index contributed by atoms with van der Waals surface area (Å²) in [7, 11) is 0. The average molecular weight is 290 g/mol. The minimum atomic E-state index is 0. The summed E-state index contributed by atoms with van der Waals surface area (Å²) in [6.45, 7) is 8.99. The molecule has 0 radical (unpaired) electrons. The molecule has 0 saturated carbocycles. The van der Waals surface area contributed by atoms with Crippen LogP contribution >= 0.6 is 12.4 Å². The Hall–Kier alpha value is -0.320. The SMILES string of the molecule is CC(C)C(C)NC(=O)CN1CCC2CCC(C1)N2.Cl. The molecule has 2 saturated heterocycles. The predicted octanol–water partition coefficient (Wildman–Crippen LogP) is 1.40. The second-order valence-corrected chi connectivity index (χ2v) is 6.26. The molecule has 5 heteroatoms. The Bertz CT molecular complexity index is 298. The van der Waals surface area contributed by atoms with Crippen LogP contribution in [0.1, 0.15) is 40.0 Å². The van der Waals surface area contributed by atoms with E-state index >= 15 is 0 Å². The highest BCUT2D eigenvalue weighted by Gasteiger charge is 2.29. The van der Waals surface area contributed by atoms with Crippen LogP contribution in [0.15, 0.2) is 0 Å². The summed E-state index contributed by atoms with van der Waals surface area (Å²) in [6, 6.07) is 1.56. The third kappa shape index (κ3) is 4.93. The quantitative estimate of drug-likeness (QED) is 0.822. The van der Waals surface area contributed by atoms with Crippen molar-refractivity contribution in [1.29, 1.82) is 0 Å². The number of nitrogens with zero attached hydrogens (tertiary/aromatic N) is 1. The van der Waals surface area contributed by atoms with Crippen LogP contribution in [0.4, 0.5) is 0 Å². The standard InChI is InChI=1S/C14H27N3O.ClH/c1-10(2)11(3)15-14(18)9-17-7-6-12-4-5-13(8-17)16-12;/h10-13,16H,4-9H2,1-3H3,(H,15,18);1H. The number of carbonyl (C=O) groups excluding carboxylic acids is 1. The highest BCUT2D eigenvalue weighted by Crippen LogP contribution is 2.20. The molecule has 112 valence electrons. The van der Waals surface area contributed by atoms with E-state index in [4.69, 9.17) is 0 Å². The normalized spacial score (nSPS) is 28.6. The van der Waals surface area contributed by atoms with Crippen molar-refractivity contribution in [3.8, 4) is 0 Å². The summed E-state index contributed by atoms with van der Waals surface area (Å²) >= 11 is 0. The number of nitrogens with one attached hydrogen (secondary N) is 2. The van der Waals surface area contributed by atoms with Gasteiger partial charge in [-0.05, 0) is 32.1 Å². The second kappa shape index (κ2) is 7.46. The number of amides is 1. The molecule has 3 atom stereocenters. The monoisotopic (exact) mass is 289 g/mol. The van der Waals surface area contributed by atoms with E-state index in [2.05, 4.69) is 36.3 Å². The number of carbonyl (C=O) groups is 1. The van der Waals surface area contributed by atoms with Crippen molar-refractivity contribution in [3.63, 3.8) is 0 Å². The number of likely N-dealkylation sites (tertiary alicyclic amines) is 1. The maximum atomic E-state index is 12.0. The Morgan fingerprint density at radius 3 is 2.63 bits per heavy atom. The molecule has 19 heavy (non-hydrogen) atoms. The van der Waals surface area contributed by atoms with E-state index in [0.717, 1.165) is 13.1 Å². The molecule has 3 unspecified atom stereocenters. The van der Waals surface area contributed by atoms with Gasteiger partial charge in [0.2, 0.25) is 5.91 Å². The topological polar surface area (TPSA) is 44.4 Å². The van der Waals surface area contributed by atoms with E-state index in [1.807, 2.05) is 0 Å². The Kier molecular flexibility index (Phi) is 6.57. The molecular weight excluding hydrogens is 262 g/mol. The third-order valence-electron chi connectivity index (χ3n) is 4.36. The van der Waals surface area contributed by atoms with E-state index in [0.29, 0.717) is 24.5 Å². The maximum Gasteiger partial charge on any atom is 0.234 e. The van der Waals surface area contributed by atoms with Gasteiger partial charge in [-0.1, -0.05) is 13.8 Å². The second-order valence-electron chi connectivity index (χ2n) is 6.26. The summed E-state index contributed by atoms with van der Waals surface area (Å²) in [6.07, 6.45) is 3.77. The lowest BCUT2D eigenvalue weighted by Crippen LogP contribution is -2.45. The van der Waals surface area contributed by atoms with Gasteiger partial charge in [0.05, 0.1) is 6.54 Å². The summed E-state index contributed by atoms with van der Waals surface area (Å²) in [5.74, 6) is 0.671. The first-order valence-corrected chi connectivity index (χ1v) is 7.32. The van der Waals surface area contributed by atoms with Gasteiger partial charge in [0.15, 0.2) is 0 Å². The fraction of sp³-hybridized carbons (Fsp3) is 0.929. The molecule has 2 bridgehead atoms. The zero-order valence-corrected chi connectivity index (χ0v) is 13.1. The molecule has 2 rings (SSSR count). The molecule has 2 heterocycles. The molecule has 0 aromatic heterocycles. The molecule has 1 amide bonds. The summed E-state index contributed by atoms with van der Waals surface area (Å²) in [4.78, 5) is 14.3. The van der Waals surface area contributed by atoms with Crippen molar-refractivity contribution in [2.75, 3.05) is 19.6 Å². The van der Waals surface area contributed by atoms with Gasteiger partial charge in [0.25, 0.3) is 0 Å². The van der Waals surface area contributed by atoms with Crippen LogP contribution in [0.5, 0.6) is 0 Å². The minimum absolute atomic E-state index is 0. The number of hydrogen-bond acceptors (Lipinski definition) is 3. The van der Waals surface area contributed by atoms with Crippen LogP contribution < -0.4 is 10.6 Å². The smallest absolute Gasteiger partial charge is 0.234 e. The molecule has 2 N–H and O–H groups in total. The Labute approximate surface area is 123 Å². The van der Waals surface area contributed by atoms with Gasteiger partial charge in [0.1, 0.15) is 0 Å². The van der Waals surface area contributed by atoms with Gasteiger partial charge >= 0.3 is 0 Å². The van der Waals surface area contributed by atoms with E-state index in [9.17, 15) is 4.79 Å². The van der Waals surface area contributed by atoms with Gasteiger partial charge in [0, 0.05) is 31.2 Å². The van der Waals surface area contributed by atoms with Crippen LogP contribution in [0.2, 0.25) is 0 Å². The number of halogens is 1. The van der Waals surface area contributed by atoms with E-state index < -0.39 is 0 Å². The minimum Gasteiger partial charge on any atom is -0.352 e. The first kappa shape index (κ1) is 16.7. The molecule has 0 aliphatic carbocycles. The van der Waals surface area contributed by atoms with Crippen LogP contribution in [0.3, 0.4) is 0 Å². The van der Waals surface area contributed by atoms with Crippen molar-refractivity contribution < 1.29 is 4.79 Å². The zero-order valence-electron chi connectivity index (χ0n) is 12.3. The van der Waals surface area contributed by atoms with Crippen molar-refractivity contribution in [2.45, 2.75) is 58.2 Å². The van der Waals surface area contributed by atoms with Gasteiger partial charge in [-0.15, -0.1) is 12.4 Å². The molecular formula is C14H28ClN3O. The van der Waals surface area contributed by atoms with E-state index in [-0.39, 0.29) is 24.4 Å². The molecule has 0 aromatic rings. The number of fused-ring (bicyclic) bond motifs is 2. The Morgan fingerprint density at radius 1 is 1.26 bits per heavy atom. The lowest BCUT2D eigenvalue weighted by molar-refractivity contribution is -0.123. The van der Waals surface area contributed by atoms with Crippen LogP contribution in [-0.4, -0.2) is 48.6 Å². The largest absolute Gasteiger partial charge is 0.352 e. The molecule has 2 fully saturated rings. The van der Waals surface area contributed by atoms with Crippen molar-refractivity contribution >= 4 is 18.3 Å². The van der Waals surface area contributed by atoms with Crippen molar-refractivity contribution in [3.05, 3.63) is 0 Å². The fourth-order valence-corrected chi connectivity index (χ4v) is 2.83. The van der Waals surface area contributed by atoms with E-state index in [1.165, 1.54) is 19.3 Å². The lowest BCUT2D eigenvalue weighted by atomic mass is 10.1. The Balaban J connectivity index is 0.00000180. The fourth-order valence-electron chi connectivity index (χ4n) is 2.83. The molecule has 2 aliphatic rings. The first-order chi connectivity index (χ1) is 8.54. The van der Waals surface area contributed by atoms with Crippen LogP contribution in [0, 0.1) is 5.92 Å². The number of hydrogen-bond donors (Lipinski definition) is 2. The first-order valence-electron chi connectivity index (χ1n) is 7.32. The molecule has 0 spiro atoms. The lowest BCUT2D eigenvalue weighted by Gasteiger charge is -2.25. The maximum absolute atomic E-state index is 12.0. The Morgan fingerprint density at radius 2 is 1.95 bits per heavy atom.